The van der Waals surface area contributed by atoms with Gasteiger partial charge in [0.25, 0.3) is 0 Å². The lowest BCUT2D eigenvalue weighted by molar-refractivity contribution is -0.134. The third-order valence-electron chi connectivity index (χ3n) is 4.11. The maximum absolute atomic E-state index is 9.55. The van der Waals surface area contributed by atoms with E-state index in [4.69, 9.17) is 14.9 Å². The first-order chi connectivity index (χ1) is 11.5. The van der Waals surface area contributed by atoms with E-state index >= 15 is 0 Å². The Morgan fingerprint density at radius 2 is 1.83 bits per heavy atom. The fourth-order valence-corrected chi connectivity index (χ4v) is 2.68. The number of hydrogen-bond donors (Lipinski definition) is 2. The molecule has 0 atom stereocenters. The van der Waals surface area contributed by atoms with Crippen molar-refractivity contribution < 1.29 is 24.5 Å². The third-order valence-corrected chi connectivity index (χ3v) is 4.11. The van der Waals surface area contributed by atoms with Gasteiger partial charge in [-0.15, -0.1) is 0 Å². The molecule has 0 radical (unpaired) electrons. The topological polar surface area (TPSA) is 100.0 Å². The number of hydrogen-bond acceptors (Lipinski definition) is 5. The van der Waals surface area contributed by atoms with Crippen LogP contribution in [0, 0.1) is 0 Å². The van der Waals surface area contributed by atoms with Crippen molar-refractivity contribution in [1.29, 1.82) is 0 Å². The number of aromatic nitrogens is 1. The molecule has 24 heavy (non-hydrogen) atoms. The Morgan fingerprint density at radius 3 is 2.29 bits per heavy atom. The molecule has 7 nitrogen and oxygen atoms in total. The number of carboxylic acids is 2. The van der Waals surface area contributed by atoms with Gasteiger partial charge in [-0.05, 0) is 50.9 Å². The highest BCUT2D eigenvalue weighted by molar-refractivity contribution is 5.89. The second-order valence-electron chi connectivity index (χ2n) is 5.91. The maximum Gasteiger partial charge on any atom is 0.328 e. The molecule has 1 aliphatic heterocycles. The van der Waals surface area contributed by atoms with Crippen molar-refractivity contribution >= 4 is 11.9 Å². The highest BCUT2D eigenvalue weighted by Crippen LogP contribution is 2.43. The normalized spacial score (nSPS) is 18.7. The van der Waals surface area contributed by atoms with Crippen molar-refractivity contribution in [3.63, 3.8) is 0 Å². The molecule has 3 rings (SSSR count). The number of nitrogens with zero attached hydrogens (tertiary/aromatic N) is 2. The molecule has 1 aliphatic carbocycles. The number of likely N-dealkylation sites (tertiary alicyclic amines) is 1. The van der Waals surface area contributed by atoms with E-state index in [0.717, 1.165) is 12.4 Å². The highest BCUT2D eigenvalue weighted by atomic mass is 16.5. The van der Waals surface area contributed by atoms with Crippen LogP contribution in [0.4, 0.5) is 0 Å². The second-order valence-corrected chi connectivity index (χ2v) is 5.91. The van der Waals surface area contributed by atoms with Crippen LogP contribution in [0.3, 0.4) is 0 Å². The van der Waals surface area contributed by atoms with Crippen LogP contribution in [0.2, 0.25) is 0 Å². The monoisotopic (exact) mass is 334 g/mol. The van der Waals surface area contributed by atoms with Crippen LogP contribution in [0.25, 0.3) is 0 Å². The largest absolute Gasteiger partial charge is 0.490 e. The summed E-state index contributed by atoms with van der Waals surface area (Å²) in [5, 5.41) is 15.6. The third kappa shape index (κ3) is 5.66. The van der Waals surface area contributed by atoms with Gasteiger partial charge >= 0.3 is 11.9 Å². The zero-order valence-electron chi connectivity index (χ0n) is 13.4. The minimum Gasteiger partial charge on any atom is -0.490 e. The Hall–Kier alpha value is -2.41. The molecule has 1 aromatic rings. The van der Waals surface area contributed by atoms with Gasteiger partial charge in [-0.3, -0.25) is 9.88 Å². The molecule has 2 aliphatic rings. The molecule has 2 fully saturated rings. The van der Waals surface area contributed by atoms with E-state index in [1.165, 1.54) is 38.8 Å². The zero-order chi connectivity index (χ0) is 17.4. The predicted molar refractivity (Wildman–Crippen MR) is 86.9 cm³/mol. The Balaban J connectivity index is 0.000000224. The van der Waals surface area contributed by atoms with Crippen LogP contribution in [0.1, 0.15) is 25.7 Å². The minimum absolute atomic E-state index is 0.367. The average molecular weight is 334 g/mol. The van der Waals surface area contributed by atoms with Crippen LogP contribution in [-0.4, -0.2) is 57.3 Å². The van der Waals surface area contributed by atoms with Crippen molar-refractivity contribution in [2.45, 2.75) is 31.2 Å². The number of carboxylic acid groups (broad SMARTS) is 2. The predicted octanol–water partition coefficient (Wildman–Crippen LogP) is 1.80. The van der Waals surface area contributed by atoms with Gasteiger partial charge in [0.05, 0.1) is 11.7 Å². The number of aliphatic carboxylic acids is 2. The van der Waals surface area contributed by atoms with Gasteiger partial charge in [0.2, 0.25) is 0 Å². The van der Waals surface area contributed by atoms with Crippen molar-refractivity contribution in [1.82, 2.24) is 9.88 Å². The SMILES string of the molecule is O=C(O)C=CC(=O)O.c1cncc(OCC2(N3CCCC3)CC2)c1. The summed E-state index contributed by atoms with van der Waals surface area (Å²) in [4.78, 5) is 25.8. The number of ether oxygens (including phenoxy) is 1. The first-order valence-corrected chi connectivity index (χ1v) is 7.94. The molecule has 0 bridgehead atoms. The zero-order valence-corrected chi connectivity index (χ0v) is 13.4. The molecule has 0 aromatic carbocycles. The number of rotatable bonds is 6. The summed E-state index contributed by atoms with van der Waals surface area (Å²) in [6.07, 6.45) is 9.99. The molecule has 7 heteroatoms. The Bertz CT molecular complexity index is 562. The van der Waals surface area contributed by atoms with Crippen molar-refractivity contribution in [2.75, 3.05) is 19.7 Å². The molecule has 2 N–H and O–H groups in total. The first-order valence-electron chi connectivity index (χ1n) is 7.94. The first kappa shape index (κ1) is 17.9. The Kier molecular flexibility index (Phi) is 6.31. The molecule has 0 unspecified atom stereocenters. The molecular formula is C17H22N2O5. The van der Waals surface area contributed by atoms with Gasteiger partial charge in [-0.2, -0.15) is 0 Å². The van der Waals surface area contributed by atoms with E-state index in [2.05, 4.69) is 9.88 Å². The summed E-state index contributed by atoms with van der Waals surface area (Å²) in [5.41, 5.74) is 0.367. The lowest BCUT2D eigenvalue weighted by Gasteiger charge is -2.27. The van der Waals surface area contributed by atoms with E-state index in [0.29, 0.717) is 17.7 Å². The van der Waals surface area contributed by atoms with E-state index in [9.17, 15) is 9.59 Å². The fraction of sp³-hybridized carbons (Fsp3) is 0.471. The minimum atomic E-state index is -1.26. The molecular weight excluding hydrogens is 312 g/mol. The van der Waals surface area contributed by atoms with Crippen molar-refractivity contribution in [2.24, 2.45) is 0 Å². The lowest BCUT2D eigenvalue weighted by Crippen LogP contribution is -2.39. The van der Waals surface area contributed by atoms with Crippen LogP contribution in [-0.2, 0) is 9.59 Å². The smallest absolute Gasteiger partial charge is 0.328 e. The number of pyridine rings is 1. The quantitative estimate of drug-likeness (QED) is 0.765. The molecule has 2 heterocycles. The van der Waals surface area contributed by atoms with Crippen molar-refractivity contribution in [3.05, 3.63) is 36.7 Å². The van der Waals surface area contributed by atoms with Crippen LogP contribution in [0.15, 0.2) is 36.7 Å². The van der Waals surface area contributed by atoms with Crippen LogP contribution >= 0.6 is 0 Å². The van der Waals surface area contributed by atoms with Gasteiger partial charge in [-0.25, -0.2) is 9.59 Å². The summed E-state index contributed by atoms with van der Waals surface area (Å²) in [6.45, 7) is 3.35. The summed E-state index contributed by atoms with van der Waals surface area (Å²) < 4.78 is 5.84. The summed E-state index contributed by atoms with van der Waals surface area (Å²) in [6, 6.07) is 3.90. The Morgan fingerprint density at radius 1 is 1.21 bits per heavy atom. The number of carbonyl (C=O) groups is 2. The fourth-order valence-electron chi connectivity index (χ4n) is 2.68. The molecule has 1 aromatic heterocycles. The standard InChI is InChI=1S/C13H18N2O.C4H4O4/c1-2-9-15(8-1)13(5-6-13)11-16-12-4-3-7-14-10-12;5-3(6)1-2-4(7)8/h3-4,7,10H,1-2,5-6,8-9,11H2;1-2H,(H,5,6)(H,7,8). The molecule has 130 valence electrons. The van der Waals surface area contributed by atoms with E-state index in [1.807, 2.05) is 12.1 Å². The molecule has 1 saturated carbocycles. The molecule has 0 spiro atoms. The van der Waals surface area contributed by atoms with Crippen LogP contribution < -0.4 is 4.74 Å². The summed E-state index contributed by atoms with van der Waals surface area (Å²) >= 11 is 0. The van der Waals surface area contributed by atoms with E-state index in [-0.39, 0.29) is 0 Å². The summed E-state index contributed by atoms with van der Waals surface area (Å²) in [7, 11) is 0. The molecule has 0 amide bonds. The van der Waals surface area contributed by atoms with Gasteiger partial charge in [0.15, 0.2) is 0 Å². The maximum atomic E-state index is 9.55. The lowest BCUT2D eigenvalue weighted by atomic mass is 10.2. The Labute approximate surface area is 140 Å². The average Bonchev–Trinajstić information content (AvgIpc) is 3.15. The van der Waals surface area contributed by atoms with E-state index < -0.39 is 11.9 Å². The van der Waals surface area contributed by atoms with E-state index in [1.54, 1.807) is 12.4 Å². The second kappa shape index (κ2) is 8.44. The van der Waals surface area contributed by atoms with Gasteiger partial charge in [0, 0.05) is 18.3 Å². The summed E-state index contributed by atoms with van der Waals surface area (Å²) in [5.74, 6) is -1.62. The highest BCUT2D eigenvalue weighted by Gasteiger charge is 2.49. The van der Waals surface area contributed by atoms with Gasteiger partial charge < -0.3 is 14.9 Å². The van der Waals surface area contributed by atoms with Gasteiger partial charge in [0.1, 0.15) is 12.4 Å². The van der Waals surface area contributed by atoms with Gasteiger partial charge in [-0.1, -0.05) is 0 Å². The molecule has 1 saturated heterocycles. The van der Waals surface area contributed by atoms with Crippen molar-refractivity contribution in [3.8, 4) is 5.75 Å². The van der Waals surface area contributed by atoms with Crippen LogP contribution in [0.5, 0.6) is 5.75 Å².